The Kier molecular flexibility index (Phi) is 5.96. The van der Waals surface area contributed by atoms with Crippen LogP contribution in [0.1, 0.15) is 29.5 Å². The van der Waals surface area contributed by atoms with Gasteiger partial charge in [-0.1, -0.05) is 36.4 Å². The molecule has 0 saturated carbocycles. The Balaban J connectivity index is 1.10. The lowest BCUT2D eigenvalue weighted by Gasteiger charge is -2.40. The summed E-state index contributed by atoms with van der Waals surface area (Å²) in [5, 5.41) is 13.5. The third-order valence-electron chi connectivity index (χ3n) is 7.57. The molecular weight excluding hydrogens is 470 g/mol. The van der Waals surface area contributed by atoms with E-state index in [1.165, 1.54) is 5.56 Å². The van der Waals surface area contributed by atoms with Crippen molar-refractivity contribution >= 4 is 23.4 Å². The Morgan fingerprint density at radius 1 is 1.08 bits per heavy atom. The minimum absolute atomic E-state index is 0.0316. The summed E-state index contributed by atoms with van der Waals surface area (Å²) >= 11 is 0. The minimum Gasteiger partial charge on any atom is -0.508 e. The molecule has 0 atom stereocenters. The van der Waals surface area contributed by atoms with Gasteiger partial charge in [0.1, 0.15) is 18.1 Å². The number of carbonyl (C=O) groups is 2. The molecular formula is C29H29N3O5. The summed E-state index contributed by atoms with van der Waals surface area (Å²) in [6.07, 6.45) is 1.78. The van der Waals surface area contributed by atoms with E-state index in [9.17, 15) is 14.7 Å². The van der Waals surface area contributed by atoms with Crippen LogP contribution in [0.4, 0.5) is 16.2 Å². The van der Waals surface area contributed by atoms with E-state index < -0.39 is 0 Å². The topological polar surface area (TPSA) is 91.3 Å². The number of rotatable bonds is 5. The molecule has 2 aliphatic heterocycles. The highest BCUT2D eigenvalue weighted by molar-refractivity contribution is 5.95. The number of fused-ring (bicyclic) bond motifs is 4. The number of phenolic OH excluding ortho intramolecular Hbond substituents is 1. The fourth-order valence-corrected chi connectivity index (χ4v) is 5.78. The lowest BCUT2D eigenvalue weighted by Crippen LogP contribution is -2.50. The molecule has 0 bridgehead atoms. The number of piperidine rings is 1. The Morgan fingerprint density at radius 3 is 2.68 bits per heavy atom. The van der Waals surface area contributed by atoms with Gasteiger partial charge in [0.05, 0.1) is 19.3 Å². The van der Waals surface area contributed by atoms with Gasteiger partial charge in [0, 0.05) is 48.4 Å². The van der Waals surface area contributed by atoms with Crippen LogP contribution in [-0.2, 0) is 22.6 Å². The van der Waals surface area contributed by atoms with Crippen molar-refractivity contribution in [2.45, 2.75) is 31.9 Å². The molecule has 0 aromatic heterocycles. The molecule has 2 N–H and O–H groups in total. The number of anilines is 2. The van der Waals surface area contributed by atoms with Gasteiger partial charge in [0.15, 0.2) is 0 Å². The number of aromatic hydroxyl groups is 1. The van der Waals surface area contributed by atoms with Gasteiger partial charge in [-0.2, -0.15) is 0 Å². The van der Waals surface area contributed by atoms with Crippen molar-refractivity contribution in [3.05, 3.63) is 71.3 Å². The first-order valence-corrected chi connectivity index (χ1v) is 12.6. The predicted octanol–water partition coefficient (Wildman–Crippen LogP) is 4.53. The standard InChI is InChI=1S/C29H29N3O5/c1-36-26-8-4-6-19-17-37-29(35)32(28(19)26)21-9-11-31(12-10-21)16-27(34)30-20-14-23-22-7-3-2-5-18(22)13-24(23)25(33)15-20/h2-8,14-15,21,33H,9-13,16-17H2,1H3,(H,30,34). The molecule has 1 fully saturated rings. The maximum Gasteiger partial charge on any atom is 0.415 e. The zero-order valence-electron chi connectivity index (χ0n) is 20.7. The number of amides is 2. The second-order valence-electron chi connectivity index (χ2n) is 9.80. The van der Waals surface area contributed by atoms with Crippen molar-refractivity contribution < 1.29 is 24.2 Å². The number of ether oxygens (including phenoxy) is 2. The van der Waals surface area contributed by atoms with E-state index in [4.69, 9.17) is 9.47 Å². The highest BCUT2D eigenvalue weighted by Gasteiger charge is 2.36. The highest BCUT2D eigenvalue weighted by Crippen LogP contribution is 2.43. The van der Waals surface area contributed by atoms with Gasteiger partial charge in [0.25, 0.3) is 0 Å². The number of para-hydroxylation sites is 1. The maximum absolute atomic E-state index is 12.9. The monoisotopic (exact) mass is 499 g/mol. The predicted molar refractivity (Wildman–Crippen MR) is 140 cm³/mol. The molecule has 1 aliphatic carbocycles. The van der Waals surface area contributed by atoms with Crippen LogP contribution in [0, 0.1) is 0 Å². The van der Waals surface area contributed by atoms with Gasteiger partial charge in [0.2, 0.25) is 5.91 Å². The van der Waals surface area contributed by atoms with E-state index >= 15 is 0 Å². The number of nitrogens with zero attached hydrogens (tertiary/aromatic N) is 2. The zero-order chi connectivity index (χ0) is 25.5. The normalized spacial score (nSPS) is 17.0. The van der Waals surface area contributed by atoms with Crippen LogP contribution >= 0.6 is 0 Å². The van der Waals surface area contributed by atoms with Gasteiger partial charge >= 0.3 is 6.09 Å². The Morgan fingerprint density at radius 2 is 1.86 bits per heavy atom. The average molecular weight is 500 g/mol. The second kappa shape index (κ2) is 9.44. The summed E-state index contributed by atoms with van der Waals surface area (Å²) in [5.74, 6) is 0.735. The number of cyclic esters (lactones) is 1. The van der Waals surface area contributed by atoms with Crippen molar-refractivity contribution in [1.82, 2.24) is 4.90 Å². The maximum atomic E-state index is 12.9. The number of likely N-dealkylation sites (tertiary alicyclic amines) is 1. The molecule has 3 aromatic rings. The molecule has 2 heterocycles. The van der Waals surface area contributed by atoms with Crippen molar-refractivity contribution in [2.24, 2.45) is 0 Å². The van der Waals surface area contributed by atoms with E-state index in [1.807, 2.05) is 42.5 Å². The van der Waals surface area contributed by atoms with E-state index in [0.717, 1.165) is 40.8 Å². The Hall–Kier alpha value is -4.04. The van der Waals surface area contributed by atoms with Crippen molar-refractivity contribution in [1.29, 1.82) is 0 Å². The zero-order valence-corrected chi connectivity index (χ0v) is 20.7. The molecule has 8 heteroatoms. The Labute approximate surface area is 215 Å². The summed E-state index contributed by atoms with van der Waals surface area (Å²) in [6.45, 7) is 1.83. The molecule has 0 unspecified atom stereocenters. The molecule has 6 rings (SSSR count). The molecule has 37 heavy (non-hydrogen) atoms. The van der Waals surface area contributed by atoms with Crippen LogP contribution < -0.4 is 15.0 Å². The second-order valence-corrected chi connectivity index (χ2v) is 9.80. The van der Waals surface area contributed by atoms with Crippen LogP contribution in [0.2, 0.25) is 0 Å². The summed E-state index contributed by atoms with van der Waals surface area (Å²) in [7, 11) is 1.61. The number of nitrogens with one attached hydrogen (secondary N) is 1. The summed E-state index contributed by atoms with van der Waals surface area (Å²) in [5.41, 5.74) is 6.45. The van der Waals surface area contributed by atoms with E-state index in [1.54, 1.807) is 18.1 Å². The lowest BCUT2D eigenvalue weighted by molar-refractivity contribution is -0.117. The number of methoxy groups -OCH3 is 1. The molecule has 0 radical (unpaired) electrons. The fourth-order valence-electron chi connectivity index (χ4n) is 5.78. The minimum atomic E-state index is -0.355. The summed E-state index contributed by atoms with van der Waals surface area (Å²) in [4.78, 5) is 29.4. The van der Waals surface area contributed by atoms with Crippen molar-refractivity contribution in [3.63, 3.8) is 0 Å². The van der Waals surface area contributed by atoms with E-state index in [0.29, 0.717) is 30.9 Å². The van der Waals surface area contributed by atoms with Crippen LogP contribution in [0.25, 0.3) is 11.1 Å². The molecule has 190 valence electrons. The first-order valence-electron chi connectivity index (χ1n) is 12.6. The van der Waals surface area contributed by atoms with E-state index in [-0.39, 0.29) is 36.9 Å². The summed E-state index contributed by atoms with van der Waals surface area (Å²) in [6, 6.07) is 17.3. The first kappa shape index (κ1) is 23.4. The molecule has 3 aromatic carbocycles. The number of hydrogen-bond acceptors (Lipinski definition) is 6. The van der Waals surface area contributed by atoms with Crippen LogP contribution in [0.5, 0.6) is 11.5 Å². The number of phenols is 1. The molecule has 2 amide bonds. The van der Waals surface area contributed by atoms with Crippen LogP contribution in [0.3, 0.4) is 0 Å². The van der Waals surface area contributed by atoms with Crippen molar-refractivity contribution in [2.75, 3.05) is 37.0 Å². The quantitative estimate of drug-likeness (QED) is 0.419. The van der Waals surface area contributed by atoms with Gasteiger partial charge < -0.3 is 19.9 Å². The number of carbonyl (C=O) groups excluding carboxylic acids is 2. The average Bonchev–Trinajstić information content (AvgIpc) is 3.28. The number of benzene rings is 3. The molecule has 3 aliphatic rings. The van der Waals surface area contributed by atoms with Gasteiger partial charge in [-0.3, -0.25) is 14.6 Å². The summed E-state index contributed by atoms with van der Waals surface area (Å²) < 4.78 is 11.0. The van der Waals surface area contributed by atoms with Crippen molar-refractivity contribution in [3.8, 4) is 22.6 Å². The largest absolute Gasteiger partial charge is 0.508 e. The lowest BCUT2D eigenvalue weighted by atomic mass is 10.0. The number of hydrogen-bond donors (Lipinski definition) is 2. The van der Waals surface area contributed by atoms with Gasteiger partial charge in [-0.15, -0.1) is 0 Å². The smallest absolute Gasteiger partial charge is 0.415 e. The van der Waals surface area contributed by atoms with Crippen LogP contribution in [0.15, 0.2) is 54.6 Å². The van der Waals surface area contributed by atoms with E-state index in [2.05, 4.69) is 16.3 Å². The van der Waals surface area contributed by atoms with Gasteiger partial charge in [-0.25, -0.2) is 4.79 Å². The SMILES string of the molecule is COc1cccc2c1N(C1CCN(CC(=O)Nc3cc(O)c4c(c3)-c3ccccc3C4)CC1)C(=O)OC2. The van der Waals surface area contributed by atoms with Gasteiger partial charge in [-0.05, 0) is 41.7 Å². The Bertz CT molecular complexity index is 1370. The third-order valence-corrected chi connectivity index (χ3v) is 7.57. The molecule has 1 saturated heterocycles. The fraction of sp³-hybridized carbons (Fsp3) is 0.310. The first-order chi connectivity index (χ1) is 18.0. The molecule has 0 spiro atoms. The highest BCUT2D eigenvalue weighted by atomic mass is 16.6. The third kappa shape index (κ3) is 4.27. The van der Waals surface area contributed by atoms with Crippen LogP contribution in [-0.4, -0.2) is 54.8 Å². The molecule has 8 nitrogen and oxygen atoms in total.